The Hall–Kier alpha value is -1.93. The van der Waals surface area contributed by atoms with Gasteiger partial charge in [0.2, 0.25) is 10.0 Å². The first-order chi connectivity index (χ1) is 9.70. The topological polar surface area (TPSA) is 90.0 Å². The van der Waals surface area contributed by atoms with Crippen molar-refractivity contribution < 1.29 is 12.8 Å². The van der Waals surface area contributed by atoms with Gasteiger partial charge in [0, 0.05) is 25.4 Å². The lowest BCUT2D eigenvalue weighted by Gasteiger charge is -2.09. The molecule has 0 bridgehead atoms. The molecular weight excluding hydrogens is 295 g/mol. The zero-order valence-electron chi connectivity index (χ0n) is 12.0. The molecule has 0 unspecified atom stereocenters. The van der Waals surface area contributed by atoms with E-state index in [1.807, 2.05) is 0 Å². The van der Waals surface area contributed by atoms with E-state index >= 15 is 0 Å². The molecule has 0 amide bonds. The Morgan fingerprint density at radius 1 is 1.38 bits per heavy atom. The van der Waals surface area contributed by atoms with E-state index in [0.29, 0.717) is 0 Å². The fourth-order valence-electron chi connectivity index (χ4n) is 2.00. The SMILES string of the molecule is Cc1cc(S(=O)(=O)NCc2cn(C)nc2C)cc(N)c1F. The summed E-state index contributed by atoms with van der Waals surface area (Å²) < 4.78 is 42.0. The summed E-state index contributed by atoms with van der Waals surface area (Å²) in [4.78, 5) is -0.0551. The predicted octanol–water partition coefficient (Wildman–Crippen LogP) is 1.24. The summed E-state index contributed by atoms with van der Waals surface area (Å²) in [5.74, 6) is -0.600. The van der Waals surface area contributed by atoms with Gasteiger partial charge in [-0.25, -0.2) is 17.5 Å². The number of nitrogen functional groups attached to an aromatic ring is 1. The van der Waals surface area contributed by atoms with Crippen molar-refractivity contribution in [3.63, 3.8) is 0 Å². The minimum atomic E-state index is -3.76. The Kier molecular flexibility index (Phi) is 4.02. The van der Waals surface area contributed by atoms with Crippen LogP contribution >= 0.6 is 0 Å². The second kappa shape index (κ2) is 5.45. The lowest BCUT2D eigenvalue weighted by molar-refractivity contribution is 0.580. The van der Waals surface area contributed by atoms with Gasteiger partial charge < -0.3 is 5.73 Å². The van der Waals surface area contributed by atoms with Crippen molar-refractivity contribution in [2.45, 2.75) is 25.3 Å². The molecule has 3 N–H and O–H groups in total. The maximum Gasteiger partial charge on any atom is 0.240 e. The van der Waals surface area contributed by atoms with Crippen LogP contribution in [0.5, 0.6) is 0 Å². The molecule has 0 atom stereocenters. The molecule has 8 heteroatoms. The number of sulfonamides is 1. The lowest BCUT2D eigenvalue weighted by atomic mass is 10.2. The number of anilines is 1. The summed E-state index contributed by atoms with van der Waals surface area (Å²) in [5.41, 5.74) is 6.99. The van der Waals surface area contributed by atoms with Gasteiger partial charge in [-0.15, -0.1) is 0 Å². The maximum atomic E-state index is 13.5. The van der Waals surface area contributed by atoms with Crippen LogP contribution in [0.2, 0.25) is 0 Å². The first-order valence-corrected chi connectivity index (χ1v) is 7.73. The van der Waals surface area contributed by atoms with Crippen molar-refractivity contribution in [1.29, 1.82) is 0 Å². The molecule has 1 heterocycles. The van der Waals surface area contributed by atoms with Crippen molar-refractivity contribution in [3.05, 3.63) is 41.0 Å². The Balaban J connectivity index is 2.25. The molecule has 0 aliphatic heterocycles. The smallest absolute Gasteiger partial charge is 0.240 e. The van der Waals surface area contributed by atoms with E-state index in [9.17, 15) is 12.8 Å². The van der Waals surface area contributed by atoms with Gasteiger partial charge in [0.15, 0.2) is 0 Å². The van der Waals surface area contributed by atoms with Crippen LogP contribution in [0.25, 0.3) is 0 Å². The fraction of sp³-hybridized carbons (Fsp3) is 0.308. The summed E-state index contributed by atoms with van der Waals surface area (Å²) in [7, 11) is -2.00. The molecule has 114 valence electrons. The van der Waals surface area contributed by atoms with Crippen LogP contribution in [0.3, 0.4) is 0 Å². The largest absolute Gasteiger partial charge is 0.396 e. The Morgan fingerprint density at radius 2 is 2.05 bits per heavy atom. The molecule has 0 aliphatic carbocycles. The summed E-state index contributed by atoms with van der Waals surface area (Å²) in [6, 6.07) is 2.37. The third-order valence-corrected chi connectivity index (χ3v) is 4.51. The quantitative estimate of drug-likeness (QED) is 0.831. The average Bonchev–Trinajstić information content (AvgIpc) is 2.71. The number of hydrogen-bond donors (Lipinski definition) is 2. The minimum Gasteiger partial charge on any atom is -0.396 e. The second-order valence-corrected chi connectivity index (χ2v) is 6.65. The molecule has 0 aliphatic rings. The summed E-state index contributed by atoms with van der Waals surface area (Å²) in [5, 5.41) is 4.14. The van der Waals surface area contributed by atoms with Crippen LogP contribution < -0.4 is 10.5 Å². The second-order valence-electron chi connectivity index (χ2n) is 4.88. The lowest BCUT2D eigenvalue weighted by Crippen LogP contribution is -2.23. The zero-order chi connectivity index (χ0) is 15.8. The number of aromatic nitrogens is 2. The number of hydrogen-bond acceptors (Lipinski definition) is 4. The van der Waals surface area contributed by atoms with E-state index in [2.05, 4.69) is 9.82 Å². The van der Waals surface area contributed by atoms with Gasteiger partial charge in [0.1, 0.15) is 5.82 Å². The van der Waals surface area contributed by atoms with E-state index in [-0.39, 0.29) is 22.7 Å². The molecule has 2 aromatic rings. The summed E-state index contributed by atoms with van der Waals surface area (Å²) in [6.45, 7) is 3.37. The van der Waals surface area contributed by atoms with Crippen LogP contribution in [0, 0.1) is 19.7 Å². The zero-order valence-corrected chi connectivity index (χ0v) is 12.8. The van der Waals surface area contributed by atoms with Gasteiger partial charge in [0.05, 0.1) is 16.3 Å². The van der Waals surface area contributed by atoms with E-state index in [4.69, 9.17) is 5.73 Å². The monoisotopic (exact) mass is 312 g/mol. The van der Waals surface area contributed by atoms with E-state index in [1.165, 1.54) is 13.0 Å². The number of nitrogens with two attached hydrogens (primary N) is 1. The number of rotatable bonds is 4. The van der Waals surface area contributed by atoms with Crippen LogP contribution in [-0.4, -0.2) is 18.2 Å². The van der Waals surface area contributed by atoms with Crippen molar-refractivity contribution in [1.82, 2.24) is 14.5 Å². The molecule has 1 aromatic carbocycles. The van der Waals surface area contributed by atoms with Crippen LogP contribution in [0.1, 0.15) is 16.8 Å². The van der Waals surface area contributed by atoms with Crippen molar-refractivity contribution in [2.24, 2.45) is 7.05 Å². The predicted molar refractivity (Wildman–Crippen MR) is 77.5 cm³/mol. The standard InChI is InChI=1S/C13H17FN4O2S/c1-8-4-11(5-12(15)13(8)14)21(19,20)16-6-10-7-18(3)17-9(10)2/h4-5,7,16H,6,15H2,1-3H3. The highest BCUT2D eigenvalue weighted by atomic mass is 32.2. The number of benzene rings is 1. The molecule has 21 heavy (non-hydrogen) atoms. The molecule has 1 aromatic heterocycles. The highest BCUT2D eigenvalue weighted by Gasteiger charge is 2.18. The number of aryl methyl sites for hydroxylation is 3. The molecule has 2 rings (SSSR count). The molecule has 0 fully saturated rings. The fourth-order valence-corrected chi connectivity index (χ4v) is 3.12. The Labute approximate surface area is 122 Å². The first kappa shape index (κ1) is 15.5. The third kappa shape index (κ3) is 3.22. The van der Waals surface area contributed by atoms with E-state index < -0.39 is 15.8 Å². The minimum absolute atomic E-state index is 0.0551. The molecule has 0 saturated carbocycles. The highest BCUT2D eigenvalue weighted by Crippen LogP contribution is 2.21. The van der Waals surface area contributed by atoms with Gasteiger partial charge in [-0.2, -0.15) is 5.10 Å². The van der Waals surface area contributed by atoms with E-state index in [0.717, 1.165) is 17.3 Å². The van der Waals surface area contributed by atoms with Crippen LogP contribution in [0.15, 0.2) is 23.2 Å². The Morgan fingerprint density at radius 3 is 2.57 bits per heavy atom. The average molecular weight is 312 g/mol. The molecule has 0 saturated heterocycles. The van der Waals surface area contributed by atoms with Crippen molar-refractivity contribution >= 4 is 15.7 Å². The number of nitrogens with one attached hydrogen (secondary N) is 1. The number of halogens is 1. The number of nitrogens with zero attached hydrogens (tertiary/aromatic N) is 2. The van der Waals surface area contributed by atoms with Gasteiger partial charge >= 0.3 is 0 Å². The summed E-state index contributed by atoms with van der Waals surface area (Å²) in [6.07, 6.45) is 1.74. The molecule has 0 spiro atoms. The van der Waals surface area contributed by atoms with Gasteiger partial charge in [-0.3, -0.25) is 4.68 Å². The van der Waals surface area contributed by atoms with E-state index in [1.54, 1.807) is 24.9 Å². The third-order valence-electron chi connectivity index (χ3n) is 3.13. The Bertz CT molecular complexity index is 760. The highest BCUT2D eigenvalue weighted by molar-refractivity contribution is 7.89. The first-order valence-electron chi connectivity index (χ1n) is 6.25. The molecule has 6 nitrogen and oxygen atoms in total. The molecular formula is C13H17FN4O2S. The van der Waals surface area contributed by atoms with Crippen LogP contribution in [-0.2, 0) is 23.6 Å². The maximum absolute atomic E-state index is 13.5. The van der Waals surface area contributed by atoms with Gasteiger partial charge in [0.25, 0.3) is 0 Å². The van der Waals surface area contributed by atoms with Crippen LogP contribution in [0.4, 0.5) is 10.1 Å². The molecule has 0 radical (unpaired) electrons. The van der Waals surface area contributed by atoms with Crippen molar-refractivity contribution in [2.75, 3.05) is 5.73 Å². The summed E-state index contributed by atoms with van der Waals surface area (Å²) >= 11 is 0. The normalized spacial score (nSPS) is 11.8. The van der Waals surface area contributed by atoms with Gasteiger partial charge in [-0.1, -0.05) is 0 Å². The van der Waals surface area contributed by atoms with Gasteiger partial charge in [-0.05, 0) is 31.5 Å². The van der Waals surface area contributed by atoms with Crippen molar-refractivity contribution in [3.8, 4) is 0 Å².